The van der Waals surface area contributed by atoms with Crippen molar-refractivity contribution in [3.63, 3.8) is 0 Å². The molecule has 0 saturated carbocycles. The molecule has 0 bridgehead atoms. The van der Waals surface area contributed by atoms with Gasteiger partial charge in [-0.25, -0.2) is 4.98 Å². The Kier molecular flexibility index (Phi) is 3.07. The molecule has 1 fully saturated rings. The van der Waals surface area contributed by atoms with Crippen molar-refractivity contribution in [2.24, 2.45) is 0 Å². The molecule has 1 aromatic heterocycles. The maximum atomic E-state index is 5.34. The molecule has 1 atom stereocenters. The molecule has 0 aliphatic carbocycles. The highest BCUT2D eigenvalue weighted by Gasteiger charge is 2.14. The average molecular weight is 246 g/mol. The minimum Gasteiger partial charge on any atom is -0.380 e. The van der Waals surface area contributed by atoms with Gasteiger partial charge < -0.3 is 10.1 Å². The summed E-state index contributed by atoms with van der Waals surface area (Å²) in [4.78, 5) is 4.30. The summed E-state index contributed by atoms with van der Waals surface area (Å²) in [6.45, 7) is 1.68. The minimum absolute atomic E-state index is 0.459. The molecule has 0 amide bonds. The molecule has 17 heavy (non-hydrogen) atoms. The van der Waals surface area contributed by atoms with Gasteiger partial charge in [0.25, 0.3) is 0 Å². The van der Waals surface area contributed by atoms with Crippen molar-refractivity contribution in [3.05, 3.63) is 35.8 Å². The first kappa shape index (κ1) is 10.7. The number of benzene rings is 1. The van der Waals surface area contributed by atoms with Crippen LogP contribution in [0.25, 0.3) is 10.6 Å². The van der Waals surface area contributed by atoms with Gasteiger partial charge in [-0.2, -0.15) is 0 Å². The topological polar surface area (TPSA) is 34.1 Å². The summed E-state index contributed by atoms with van der Waals surface area (Å²) in [5.41, 5.74) is 2.33. The molecule has 1 aliphatic rings. The highest BCUT2D eigenvalue weighted by atomic mass is 32.1. The number of hydrogen-bond donors (Lipinski definition) is 1. The van der Waals surface area contributed by atoms with Crippen molar-refractivity contribution in [3.8, 4) is 10.6 Å². The van der Waals surface area contributed by atoms with E-state index in [4.69, 9.17) is 4.74 Å². The van der Waals surface area contributed by atoms with E-state index in [-0.39, 0.29) is 0 Å². The monoisotopic (exact) mass is 246 g/mol. The van der Waals surface area contributed by atoms with Crippen LogP contribution in [-0.4, -0.2) is 24.2 Å². The van der Waals surface area contributed by atoms with Crippen molar-refractivity contribution < 1.29 is 4.74 Å². The van der Waals surface area contributed by atoms with E-state index in [1.54, 1.807) is 11.3 Å². The van der Waals surface area contributed by atoms with Crippen LogP contribution in [0.4, 0.5) is 5.69 Å². The van der Waals surface area contributed by atoms with Crippen LogP contribution in [0, 0.1) is 0 Å². The van der Waals surface area contributed by atoms with E-state index in [1.165, 1.54) is 5.56 Å². The Bertz CT molecular complexity index is 461. The second kappa shape index (κ2) is 4.85. The van der Waals surface area contributed by atoms with E-state index in [2.05, 4.69) is 34.6 Å². The fourth-order valence-electron chi connectivity index (χ4n) is 1.96. The van der Waals surface area contributed by atoms with Gasteiger partial charge >= 0.3 is 0 Å². The number of hydrogen-bond acceptors (Lipinski definition) is 4. The van der Waals surface area contributed by atoms with Crippen molar-refractivity contribution in [2.75, 3.05) is 18.5 Å². The zero-order chi connectivity index (χ0) is 11.5. The van der Waals surface area contributed by atoms with Gasteiger partial charge in [-0.15, -0.1) is 11.3 Å². The summed E-state index contributed by atoms with van der Waals surface area (Å²) < 4.78 is 5.34. The van der Waals surface area contributed by atoms with Crippen molar-refractivity contribution in [1.29, 1.82) is 0 Å². The van der Waals surface area contributed by atoms with Crippen molar-refractivity contribution >= 4 is 17.0 Å². The zero-order valence-electron chi connectivity index (χ0n) is 9.43. The molecule has 4 heteroatoms. The number of ether oxygens (including phenoxy) is 1. The van der Waals surface area contributed by atoms with Crippen LogP contribution < -0.4 is 5.32 Å². The van der Waals surface area contributed by atoms with Gasteiger partial charge in [0.2, 0.25) is 0 Å². The van der Waals surface area contributed by atoms with Crippen LogP contribution in [-0.2, 0) is 4.74 Å². The maximum Gasteiger partial charge on any atom is 0.123 e. The Hall–Kier alpha value is -1.39. The molecule has 1 unspecified atom stereocenters. The van der Waals surface area contributed by atoms with E-state index >= 15 is 0 Å². The highest BCUT2D eigenvalue weighted by molar-refractivity contribution is 7.13. The predicted octanol–water partition coefficient (Wildman–Crippen LogP) is 3.01. The number of nitrogens with one attached hydrogen (secondary N) is 1. The van der Waals surface area contributed by atoms with Gasteiger partial charge in [-0.3, -0.25) is 0 Å². The van der Waals surface area contributed by atoms with Crippen LogP contribution in [0.5, 0.6) is 0 Å². The lowest BCUT2D eigenvalue weighted by molar-refractivity contribution is 0.195. The first-order valence-corrected chi connectivity index (χ1v) is 6.64. The Morgan fingerprint density at radius 2 is 2.18 bits per heavy atom. The van der Waals surface area contributed by atoms with E-state index < -0.39 is 0 Å². The third-order valence-electron chi connectivity index (χ3n) is 2.86. The summed E-state index contributed by atoms with van der Waals surface area (Å²) in [6, 6.07) is 8.89. The van der Waals surface area contributed by atoms with Crippen LogP contribution in [0.1, 0.15) is 6.42 Å². The molecule has 1 N–H and O–H groups in total. The summed E-state index contributed by atoms with van der Waals surface area (Å²) in [5, 5.41) is 6.54. The Labute approximate surface area is 104 Å². The van der Waals surface area contributed by atoms with Gasteiger partial charge in [0, 0.05) is 29.4 Å². The normalized spacial score (nSPS) is 19.4. The Morgan fingerprint density at radius 1 is 1.29 bits per heavy atom. The van der Waals surface area contributed by atoms with Crippen molar-refractivity contribution in [2.45, 2.75) is 12.5 Å². The first-order chi connectivity index (χ1) is 8.42. The lowest BCUT2D eigenvalue weighted by Crippen LogP contribution is -2.18. The summed E-state index contributed by atoms with van der Waals surface area (Å²) >= 11 is 1.66. The lowest BCUT2D eigenvalue weighted by Gasteiger charge is -2.12. The predicted molar refractivity (Wildman–Crippen MR) is 70.4 cm³/mol. The van der Waals surface area contributed by atoms with E-state index in [9.17, 15) is 0 Å². The molecule has 3 nitrogen and oxygen atoms in total. The number of rotatable bonds is 3. The third-order valence-corrected chi connectivity index (χ3v) is 3.69. The molecule has 0 radical (unpaired) electrons. The first-order valence-electron chi connectivity index (χ1n) is 5.76. The Morgan fingerprint density at radius 3 is 2.82 bits per heavy atom. The molecule has 1 saturated heterocycles. The largest absolute Gasteiger partial charge is 0.380 e. The number of thiazole rings is 1. The molecule has 88 valence electrons. The van der Waals surface area contributed by atoms with Crippen molar-refractivity contribution in [1.82, 2.24) is 4.98 Å². The summed E-state index contributed by atoms with van der Waals surface area (Å²) in [7, 11) is 0. The highest BCUT2D eigenvalue weighted by Crippen LogP contribution is 2.23. The second-order valence-corrected chi connectivity index (χ2v) is 5.01. The van der Waals surface area contributed by atoms with E-state index in [0.29, 0.717) is 6.04 Å². The molecule has 1 aliphatic heterocycles. The molecular formula is C13H14N2OS. The molecule has 2 heterocycles. The van der Waals surface area contributed by atoms with Crippen LogP contribution in [0.3, 0.4) is 0 Å². The standard InChI is InChI=1S/C13H14N2OS/c1-3-11(15-12-5-7-16-9-12)4-2-10(1)13-14-6-8-17-13/h1-4,6,8,12,15H,5,7,9H2. The minimum atomic E-state index is 0.459. The molecular weight excluding hydrogens is 232 g/mol. The van der Waals surface area contributed by atoms with Gasteiger partial charge in [0.05, 0.1) is 12.6 Å². The summed E-state index contributed by atoms with van der Waals surface area (Å²) in [5.74, 6) is 0. The molecule has 3 rings (SSSR count). The third kappa shape index (κ3) is 2.48. The maximum absolute atomic E-state index is 5.34. The van der Waals surface area contributed by atoms with Gasteiger partial charge in [0.1, 0.15) is 5.01 Å². The molecule has 1 aromatic carbocycles. The van der Waals surface area contributed by atoms with E-state index in [1.807, 2.05) is 11.6 Å². The number of anilines is 1. The smallest absolute Gasteiger partial charge is 0.123 e. The van der Waals surface area contributed by atoms with Crippen LogP contribution in [0.15, 0.2) is 35.8 Å². The van der Waals surface area contributed by atoms with Crippen LogP contribution in [0.2, 0.25) is 0 Å². The molecule has 0 spiro atoms. The Balaban J connectivity index is 1.71. The summed E-state index contributed by atoms with van der Waals surface area (Å²) in [6.07, 6.45) is 2.93. The number of aromatic nitrogens is 1. The van der Waals surface area contributed by atoms with Gasteiger partial charge in [0.15, 0.2) is 0 Å². The van der Waals surface area contributed by atoms with E-state index in [0.717, 1.165) is 30.3 Å². The second-order valence-electron chi connectivity index (χ2n) is 4.12. The van der Waals surface area contributed by atoms with Gasteiger partial charge in [-0.1, -0.05) is 0 Å². The quantitative estimate of drug-likeness (QED) is 0.904. The lowest BCUT2D eigenvalue weighted by atomic mass is 10.2. The van der Waals surface area contributed by atoms with Crippen LogP contribution >= 0.6 is 11.3 Å². The average Bonchev–Trinajstić information content (AvgIpc) is 3.01. The molecule has 2 aromatic rings. The zero-order valence-corrected chi connectivity index (χ0v) is 10.2. The fourth-order valence-corrected chi connectivity index (χ4v) is 2.60. The SMILES string of the molecule is c1csc(-c2ccc(NC3CCOC3)cc2)n1. The number of nitrogens with zero attached hydrogens (tertiary/aromatic N) is 1. The van der Waals surface area contributed by atoms with Gasteiger partial charge in [-0.05, 0) is 30.7 Å². The fraction of sp³-hybridized carbons (Fsp3) is 0.308.